The van der Waals surface area contributed by atoms with Crippen LogP contribution in [0.3, 0.4) is 0 Å². The molecule has 0 saturated heterocycles. The van der Waals surface area contributed by atoms with Gasteiger partial charge in [0.25, 0.3) is 0 Å². The second-order valence-corrected chi connectivity index (χ2v) is 3.41. The van der Waals surface area contributed by atoms with Crippen molar-refractivity contribution in [2.24, 2.45) is 0 Å². The number of aliphatic hydroxyl groups excluding tert-OH is 1. The fourth-order valence-electron chi connectivity index (χ4n) is 1.43. The predicted octanol–water partition coefficient (Wildman–Crippen LogP) is 0.453. The van der Waals surface area contributed by atoms with Gasteiger partial charge in [-0.3, -0.25) is 4.57 Å². The molecule has 0 spiro atoms. The largest absolute Gasteiger partial charge is 0.396 e. The second kappa shape index (κ2) is 5.00. The summed E-state index contributed by atoms with van der Waals surface area (Å²) in [5.74, 6) is 0.209. The third kappa shape index (κ3) is 2.64. The van der Waals surface area contributed by atoms with Gasteiger partial charge in [-0.2, -0.15) is 8.78 Å². The number of alkyl halides is 2. The van der Waals surface area contributed by atoms with Gasteiger partial charge in [-0.15, -0.1) is 5.10 Å². The van der Waals surface area contributed by atoms with E-state index in [-0.39, 0.29) is 19.0 Å². The average molecular weight is 243 g/mol. The van der Waals surface area contributed by atoms with Gasteiger partial charge in [0.1, 0.15) is 12.4 Å². The predicted molar refractivity (Wildman–Crippen MR) is 53.4 cm³/mol. The van der Waals surface area contributed by atoms with E-state index < -0.39 is 6.55 Å². The van der Waals surface area contributed by atoms with Gasteiger partial charge in [0.2, 0.25) is 0 Å². The van der Waals surface area contributed by atoms with E-state index in [0.29, 0.717) is 12.1 Å². The number of hydrogen-bond donors (Lipinski definition) is 1. The molecular formula is C9H11F2N5O. The van der Waals surface area contributed by atoms with Crippen molar-refractivity contribution in [3.05, 3.63) is 30.1 Å². The van der Waals surface area contributed by atoms with E-state index in [1.54, 1.807) is 6.20 Å². The number of aliphatic hydroxyl groups is 1. The highest BCUT2D eigenvalue weighted by molar-refractivity contribution is 4.97. The standard InChI is InChI=1S/C9H11F2N5O/c10-9(11)16-3-2-12-8(16)6-15-5-7(1-4-17)13-14-15/h2-3,5,9,17H,1,4,6H2. The molecule has 0 aliphatic heterocycles. The van der Waals surface area contributed by atoms with Crippen molar-refractivity contribution in [1.82, 2.24) is 24.5 Å². The minimum absolute atomic E-state index is 0.0235. The van der Waals surface area contributed by atoms with E-state index in [9.17, 15) is 8.78 Å². The normalized spacial score (nSPS) is 11.3. The van der Waals surface area contributed by atoms with Gasteiger partial charge >= 0.3 is 6.55 Å². The summed E-state index contributed by atoms with van der Waals surface area (Å²) in [5, 5.41) is 16.3. The van der Waals surface area contributed by atoms with Crippen molar-refractivity contribution >= 4 is 0 Å². The zero-order valence-corrected chi connectivity index (χ0v) is 8.87. The van der Waals surface area contributed by atoms with Crippen LogP contribution in [0.25, 0.3) is 0 Å². The average Bonchev–Trinajstić information content (AvgIpc) is 2.89. The summed E-state index contributed by atoms with van der Waals surface area (Å²) in [6.45, 7) is -2.52. The molecule has 17 heavy (non-hydrogen) atoms. The monoisotopic (exact) mass is 243 g/mol. The molecule has 92 valence electrons. The van der Waals surface area contributed by atoms with E-state index in [1.165, 1.54) is 17.1 Å². The van der Waals surface area contributed by atoms with Crippen molar-refractivity contribution in [3.8, 4) is 0 Å². The van der Waals surface area contributed by atoms with Crippen LogP contribution in [0.15, 0.2) is 18.6 Å². The molecule has 2 heterocycles. The fourth-order valence-corrected chi connectivity index (χ4v) is 1.43. The lowest BCUT2D eigenvalue weighted by molar-refractivity contribution is 0.0665. The number of aromatic nitrogens is 5. The van der Waals surface area contributed by atoms with Crippen LogP contribution in [-0.4, -0.2) is 36.3 Å². The van der Waals surface area contributed by atoms with Crippen molar-refractivity contribution in [2.45, 2.75) is 19.5 Å². The van der Waals surface area contributed by atoms with Gasteiger partial charge in [0.05, 0.1) is 5.69 Å². The molecule has 1 N–H and O–H groups in total. The molecule has 0 aromatic carbocycles. The number of rotatable bonds is 5. The van der Waals surface area contributed by atoms with Gasteiger partial charge in [0, 0.05) is 31.6 Å². The Bertz CT molecular complexity index is 481. The summed E-state index contributed by atoms with van der Waals surface area (Å²) < 4.78 is 27.2. The molecule has 0 amide bonds. The Morgan fingerprint density at radius 1 is 1.41 bits per heavy atom. The third-order valence-electron chi connectivity index (χ3n) is 2.22. The Morgan fingerprint density at radius 2 is 2.24 bits per heavy atom. The van der Waals surface area contributed by atoms with Crippen molar-refractivity contribution < 1.29 is 13.9 Å². The first kappa shape index (κ1) is 11.6. The summed E-state index contributed by atoms with van der Waals surface area (Å²) in [7, 11) is 0. The fraction of sp³-hybridized carbons (Fsp3) is 0.444. The number of halogens is 2. The van der Waals surface area contributed by atoms with Crippen molar-refractivity contribution in [2.75, 3.05) is 6.61 Å². The van der Waals surface area contributed by atoms with Gasteiger partial charge < -0.3 is 5.11 Å². The molecule has 2 rings (SSSR count). The quantitative estimate of drug-likeness (QED) is 0.828. The molecule has 0 fully saturated rings. The molecule has 0 aliphatic carbocycles. The molecular weight excluding hydrogens is 232 g/mol. The molecule has 6 nitrogen and oxygen atoms in total. The van der Waals surface area contributed by atoms with E-state index in [0.717, 1.165) is 4.57 Å². The Morgan fingerprint density at radius 3 is 2.94 bits per heavy atom. The maximum Gasteiger partial charge on any atom is 0.319 e. The molecule has 8 heteroatoms. The number of hydrogen-bond acceptors (Lipinski definition) is 4. The van der Waals surface area contributed by atoms with Crippen LogP contribution in [0.2, 0.25) is 0 Å². The SMILES string of the molecule is OCCc1cn(Cc2nccn2C(F)F)nn1. The van der Waals surface area contributed by atoms with Crippen molar-refractivity contribution in [3.63, 3.8) is 0 Å². The molecule has 0 unspecified atom stereocenters. The number of imidazole rings is 1. The van der Waals surface area contributed by atoms with E-state index in [2.05, 4.69) is 15.3 Å². The van der Waals surface area contributed by atoms with Crippen LogP contribution in [0, 0.1) is 0 Å². The first-order valence-corrected chi connectivity index (χ1v) is 5.00. The highest BCUT2D eigenvalue weighted by atomic mass is 19.3. The molecule has 2 aromatic heterocycles. The van der Waals surface area contributed by atoms with E-state index in [1.807, 2.05) is 0 Å². The van der Waals surface area contributed by atoms with Crippen LogP contribution in [0.1, 0.15) is 18.1 Å². The molecule has 0 radical (unpaired) electrons. The van der Waals surface area contributed by atoms with Gasteiger partial charge in [0.15, 0.2) is 0 Å². The Hall–Kier alpha value is -1.83. The molecule has 0 atom stereocenters. The lowest BCUT2D eigenvalue weighted by atomic mass is 10.3. The summed E-state index contributed by atoms with van der Waals surface area (Å²) in [6, 6.07) is 0. The highest BCUT2D eigenvalue weighted by Crippen LogP contribution is 2.12. The van der Waals surface area contributed by atoms with Crippen LogP contribution in [0.4, 0.5) is 8.78 Å². The van der Waals surface area contributed by atoms with Gasteiger partial charge in [-0.25, -0.2) is 9.67 Å². The smallest absolute Gasteiger partial charge is 0.319 e. The van der Waals surface area contributed by atoms with E-state index >= 15 is 0 Å². The van der Waals surface area contributed by atoms with Crippen LogP contribution in [0.5, 0.6) is 0 Å². The van der Waals surface area contributed by atoms with Gasteiger partial charge in [-0.05, 0) is 0 Å². The van der Waals surface area contributed by atoms with E-state index in [4.69, 9.17) is 5.11 Å². The Kier molecular flexibility index (Phi) is 3.43. The van der Waals surface area contributed by atoms with Crippen LogP contribution in [-0.2, 0) is 13.0 Å². The summed E-state index contributed by atoms with van der Waals surface area (Å²) in [4.78, 5) is 3.83. The zero-order valence-electron chi connectivity index (χ0n) is 8.87. The zero-order chi connectivity index (χ0) is 12.3. The third-order valence-corrected chi connectivity index (χ3v) is 2.22. The topological polar surface area (TPSA) is 68.8 Å². The first-order valence-electron chi connectivity index (χ1n) is 5.00. The first-order chi connectivity index (χ1) is 8.20. The molecule has 0 saturated carbocycles. The lowest BCUT2D eigenvalue weighted by Crippen LogP contribution is -2.09. The Balaban J connectivity index is 2.11. The summed E-state index contributed by atoms with van der Waals surface area (Å²) >= 11 is 0. The van der Waals surface area contributed by atoms with Gasteiger partial charge in [-0.1, -0.05) is 5.21 Å². The second-order valence-electron chi connectivity index (χ2n) is 3.41. The molecule has 2 aromatic rings. The molecule has 0 bridgehead atoms. The summed E-state index contributed by atoms with van der Waals surface area (Å²) in [5.41, 5.74) is 0.614. The lowest BCUT2D eigenvalue weighted by Gasteiger charge is -2.05. The molecule has 0 aliphatic rings. The van der Waals surface area contributed by atoms with Crippen molar-refractivity contribution in [1.29, 1.82) is 0 Å². The minimum atomic E-state index is -2.62. The summed E-state index contributed by atoms with van der Waals surface area (Å²) in [6.07, 6.45) is 4.52. The minimum Gasteiger partial charge on any atom is -0.396 e. The van der Waals surface area contributed by atoms with Crippen LogP contribution < -0.4 is 0 Å². The highest BCUT2D eigenvalue weighted by Gasteiger charge is 2.12. The Labute approximate surface area is 95.5 Å². The maximum atomic E-state index is 12.5. The van der Waals surface area contributed by atoms with Crippen LogP contribution >= 0.6 is 0 Å². The maximum absolute atomic E-state index is 12.5. The number of nitrogens with zero attached hydrogens (tertiary/aromatic N) is 5.